The molecule has 2 heterocycles. The number of nitrogens with zero attached hydrogens (tertiary/aromatic N) is 2. The fourth-order valence-electron chi connectivity index (χ4n) is 2.24. The van der Waals surface area contributed by atoms with Crippen LogP contribution in [-0.2, 0) is 14.3 Å². The van der Waals surface area contributed by atoms with Crippen molar-refractivity contribution in [1.82, 2.24) is 9.97 Å². The molecule has 11 heteroatoms. The summed E-state index contributed by atoms with van der Waals surface area (Å²) in [7, 11) is 2.49. The Morgan fingerprint density at radius 3 is 2.19 bits per heavy atom. The Labute approximate surface area is 190 Å². The van der Waals surface area contributed by atoms with Gasteiger partial charge >= 0.3 is 18.0 Å². The molecule has 32 heavy (non-hydrogen) atoms. The third-order valence-electron chi connectivity index (χ3n) is 3.75. The van der Waals surface area contributed by atoms with Crippen molar-refractivity contribution in [3.8, 4) is 23.0 Å². The SMILES string of the molecule is COC(=O)c1nc(-c2cscc2NC(=O)OC(C)(C)C)nc(OC)c1OC(=O)C(C)(C)C. The van der Waals surface area contributed by atoms with E-state index in [9.17, 15) is 14.4 Å². The molecule has 1 N–H and O–H groups in total. The molecule has 0 aliphatic rings. The third-order valence-corrected chi connectivity index (χ3v) is 4.50. The number of methoxy groups -OCH3 is 2. The highest BCUT2D eigenvalue weighted by Crippen LogP contribution is 2.36. The Balaban J connectivity index is 2.54. The highest BCUT2D eigenvalue weighted by Gasteiger charge is 2.31. The molecule has 0 atom stereocenters. The van der Waals surface area contributed by atoms with Crippen LogP contribution in [0.3, 0.4) is 0 Å². The highest BCUT2D eigenvalue weighted by molar-refractivity contribution is 7.08. The van der Waals surface area contributed by atoms with Crippen molar-refractivity contribution < 1.29 is 33.3 Å². The molecule has 2 rings (SSSR count). The predicted octanol–water partition coefficient (Wildman–Crippen LogP) is 4.30. The number of carbonyl (C=O) groups is 3. The number of carbonyl (C=O) groups excluding carboxylic acids is 3. The number of esters is 2. The normalized spacial score (nSPS) is 11.5. The summed E-state index contributed by atoms with van der Waals surface area (Å²) in [4.78, 5) is 45.6. The summed E-state index contributed by atoms with van der Waals surface area (Å²) in [6.07, 6.45) is -0.659. The Morgan fingerprint density at radius 2 is 1.66 bits per heavy atom. The lowest BCUT2D eigenvalue weighted by atomic mass is 9.97. The van der Waals surface area contributed by atoms with Gasteiger partial charge in [-0.15, -0.1) is 11.3 Å². The second-order valence-electron chi connectivity index (χ2n) is 8.69. The topological polar surface area (TPSA) is 126 Å². The molecule has 2 aromatic heterocycles. The van der Waals surface area contributed by atoms with E-state index < -0.39 is 29.0 Å². The van der Waals surface area contributed by atoms with E-state index in [1.165, 1.54) is 25.6 Å². The third kappa shape index (κ3) is 6.16. The van der Waals surface area contributed by atoms with Crippen LogP contribution >= 0.6 is 11.3 Å². The van der Waals surface area contributed by atoms with Gasteiger partial charge in [-0.2, -0.15) is 4.98 Å². The maximum absolute atomic E-state index is 12.4. The zero-order valence-electron chi connectivity index (χ0n) is 19.3. The molecule has 2 aromatic rings. The van der Waals surface area contributed by atoms with Crippen LogP contribution in [-0.4, -0.2) is 47.8 Å². The number of nitrogens with one attached hydrogen (secondary N) is 1. The summed E-state index contributed by atoms with van der Waals surface area (Å²) in [6.45, 7) is 10.2. The van der Waals surface area contributed by atoms with Crippen LogP contribution < -0.4 is 14.8 Å². The quantitative estimate of drug-likeness (QED) is 0.643. The average molecular weight is 466 g/mol. The average Bonchev–Trinajstić information content (AvgIpc) is 3.12. The number of hydrogen-bond acceptors (Lipinski definition) is 10. The molecule has 0 radical (unpaired) electrons. The molecule has 0 saturated heterocycles. The van der Waals surface area contributed by atoms with Crippen molar-refractivity contribution in [3.05, 3.63) is 16.5 Å². The van der Waals surface area contributed by atoms with Gasteiger partial charge in [0, 0.05) is 10.8 Å². The van der Waals surface area contributed by atoms with Crippen LogP contribution in [0.2, 0.25) is 0 Å². The van der Waals surface area contributed by atoms with Gasteiger partial charge in [-0.3, -0.25) is 10.1 Å². The second kappa shape index (κ2) is 9.51. The smallest absolute Gasteiger partial charge is 0.412 e. The van der Waals surface area contributed by atoms with Crippen molar-refractivity contribution in [1.29, 1.82) is 0 Å². The number of rotatable bonds is 5. The minimum absolute atomic E-state index is 0.0603. The lowest BCUT2D eigenvalue weighted by Gasteiger charge is -2.20. The lowest BCUT2D eigenvalue weighted by molar-refractivity contribution is -0.143. The number of ether oxygens (including phenoxy) is 4. The Kier molecular flexibility index (Phi) is 7.45. The molecule has 0 aromatic carbocycles. The number of amides is 1. The van der Waals surface area contributed by atoms with Gasteiger partial charge < -0.3 is 18.9 Å². The van der Waals surface area contributed by atoms with Crippen LogP contribution in [0.1, 0.15) is 52.0 Å². The first-order chi connectivity index (χ1) is 14.8. The van der Waals surface area contributed by atoms with E-state index in [1.54, 1.807) is 52.3 Å². The summed E-state index contributed by atoms with van der Waals surface area (Å²) >= 11 is 1.28. The first-order valence-corrected chi connectivity index (χ1v) is 10.5. The van der Waals surface area contributed by atoms with E-state index in [-0.39, 0.29) is 23.1 Å². The predicted molar refractivity (Wildman–Crippen MR) is 118 cm³/mol. The molecule has 0 saturated carbocycles. The number of anilines is 1. The van der Waals surface area contributed by atoms with Gasteiger partial charge in [0.1, 0.15) is 5.60 Å². The van der Waals surface area contributed by atoms with Gasteiger partial charge in [0.25, 0.3) is 5.88 Å². The fraction of sp³-hybridized carbons (Fsp3) is 0.476. The summed E-state index contributed by atoms with van der Waals surface area (Å²) in [5.41, 5.74) is -1.04. The first-order valence-electron chi connectivity index (χ1n) is 9.60. The molecule has 0 fully saturated rings. The van der Waals surface area contributed by atoms with E-state index in [2.05, 4.69) is 15.3 Å². The van der Waals surface area contributed by atoms with Gasteiger partial charge in [-0.05, 0) is 41.5 Å². The van der Waals surface area contributed by atoms with Crippen molar-refractivity contribution in [2.45, 2.75) is 47.1 Å². The van der Waals surface area contributed by atoms with E-state index in [4.69, 9.17) is 18.9 Å². The first kappa shape index (κ1) is 25.1. The zero-order valence-corrected chi connectivity index (χ0v) is 20.1. The van der Waals surface area contributed by atoms with E-state index in [0.717, 1.165) is 0 Å². The van der Waals surface area contributed by atoms with E-state index in [1.807, 2.05) is 0 Å². The molecule has 0 unspecified atom stereocenters. The minimum Gasteiger partial charge on any atom is -0.478 e. The van der Waals surface area contributed by atoms with Crippen molar-refractivity contribution >= 4 is 35.1 Å². The van der Waals surface area contributed by atoms with Crippen LogP contribution in [0.25, 0.3) is 11.4 Å². The van der Waals surface area contributed by atoms with Crippen molar-refractivity contribution in [3.63, 3.8) is 0 Å². The number of hydrogen-bond donors (Lipinski definition) is 1. The molecular formula is C21H27N3O7S. The van der Waals surface area contributed by atoms with Gasteiger partial charge in [0.2, 0.25) is 5.75 Å². The summed E-state index contributed by atoms with van der Waals surface area (Å²) in [6, 6.07) is 0. The second-order valence-corrected chi connectivity index (χ2v) is 9.43. The van der Waals surface area contributed by atoms with Crippen molar-refractivity contribution in [2.24, 2.45) is 5.41 Å². The number of aromatic nitrogens is 2. The molecule has 1 amide bonds. The molecule has 0 aliphatic heterocycles. The van der Waals surface area contributed by atoms with Gasteiger partial charge in [-0.1, -0.05) is 0 Å². The van der Waals surface area contributed by atoms with Gasteiger partial charge in [-0.25, -0.2) is 14.6 Å². The standard InChI is InChI=1S/C21H27N3O7S/c1-20(2,3)18(26)30-14-13(17(25)29-8)23-15(24-16(14)28-7)11-9-32-10-12(11)22-19(27)31-21(4,5)6/h9-10H,1-8H3,(H,22,27). The van der Waals surface area contributed by atoms with Crippen LogP contribution in [0, 0.1) is 5.41 Å². The summed E-state index contributed by atoms with van der Waals surface area (Å²) in [5, 5.41) is 5.99. The molecule has 0 spiro atoms. The molecule has 0 aliphatic carbocycles. The Morgan fingerprint density at radius 1 is 1.00 bits per heavy atom. The summed E-state index contributed by atoms with van der Waals surface area (Å²) < 4.78 is 20.8. The maximum atomic E-state index is 12.4. The van der Waals surface area contributed by atoms with E-state index >= 15 is 0 Å². The van der Waals surface area contributed by atoms with Crippen molar-refractivity contribution in [2.75, 3.05) is 19.5 Å². The van der Waals surface area contributed by atoms with Crippen LogP contribution in [0.5, 0.6) is 11.6 Å². The van der Waals surface area contributed by atoms with Crippen LogP contribution in [0.4, 0.5) is 10.5 Å². The lowest BCUT2D eigenvalue weighted by Crippen LogP contribution is -2.27. The molecular weight excluding hydrogens is 438 g/mol. The van der Waals surface area contributed by atoms with Crippen LogP contribution in [0.15, 0.2) is 10.8 Å². The molecule has 10 nitrogen and oxygen atoms in total. The monoisotopic (exact) mass is 465 g/mol. The van der Waals surface area contributed by atoms with Gasteiger partial charge in [0.15, 0.2) is 11.5 Å². The van der Waals surface area contributed by atoms with Gasteiger partial charge in [0.05, 0.1) is 30.9 Å². The molecule has 0 bridgehead atoms. The van der Waals surface area contributed by atoms with E-state index in [0.29, 0.717) is 11.3 Å². The fourth-order valence-corrected chi connectivity index (χ4v) is 3.00. The minimum atomic E-state index is -0.852. The Hall–Kier alpha value is -3.21. The zero-order chi connectivity index (χ0) is 24.3. The largest absolute Gasteiger partial charge is 0.478 e. The maximum Gasteiger partial charge on any atom is 0.412 e. The highest BCUT2D eigenvalue weighted by atomic mass is 32.1. The Bertz CT molecular complexity index is 1020. The number of thiophene rings is 1. The summed E-state index contributed by atoms with van der Waals surface area (Å²) in [5.74, 6) is -1.78. The molecule has 174 valence electrons.